The van der Waals surface area contributed by atoms with E-state index in [-0.39, 0.29) is 12.2 Å². The second-order valence-electron chi connectivity index (χ2n) is 4.07. The monoisotopic (exact) mass is 357 g/mol. The normalized spacial score (nSPS) is 10.5. The molecule has 0 saturated carbocycles. The van der Waals surface area contributed by atoms with Crippen molar-refractivity contribution in [1.29, 1.82) is 0 Å². The summed E-state index contributed by atoms with van der Waals surface area (Å²) in [5.74, 6) is -0.0499. The summed E-state index contributed by atoms with van der Waals surface area (Å²) in [5, 5.41) is 0.942. The highest BCUT2D eigenvalue weighted by Gasteiger charge is 2.11. The number of nitrogens with two attached hydrogens (primary N) is 1. The summed E-state index contributed by atoms with van der Waals surface area (Å²) in [6, 6.07) is 10.3. The fourth-order valence-electron chi connectivity index (χ4n) is 1.64. The van der Waals surface area contributed by atoms with Crippen LogP contribution in [-0.4, -0.2) is 5.78 Å². The van der Waals surface area contributed by atoms with E-state index in [0.717, 1.165) is 10.0 Å². The van der Waals surface area contributed by atoms with Gasteiger partial charge in [-0.15, -0.1) is 0 Å². The molecule has 98 valence electrons. The van der Waals surface area contributed by atoms with E-state index in [4.69, 9.17) is 28.9 Å². The van der Waals surface area contributed by atoms with Crippen molar-refractivity contribution in [3.05, 3.63) is 62.0 Å². The largest absolute Gasteiger partial charge is 0.398 e. The van der Waals surface area contributed by atoms with Gasteiger partial charge in [-0.25, -0.2) is 0 Å². The summed E-state index contributed by atoms with van der Waals surface area (Å²) in [6.45, 7) is 0. The number of anilines is 1. The maximum absolute atomic E-state index is 12.1. The molecule has 2 rings (SSSR count). The number of halogens is 3. The fourth-order valence-corrected chi connectivity index (χ4v) is 2.56. The molecular weight excluding hydrogens is 349 g/mol. The third-order valence-electron chi connectivity index (χ3n) is 2.69. The Labute approximate surface area is 129 Å². The number of carbonyl (C=O) groups is 1. The van der Waals surface area contributed by atoms with Gasteiger partial charge in [0.1, 0.15) is 0 Å². The number of nitrogen functional groups attached to an aromatic ring is 1. The van der Waals surface area contributed by atoms with Gasteiger partial charge in [-0.3, -0.25) is 4.79 Å². The molecule has 2 aromatic rings. The predicted molar refractivity (Wildman–Crippen MR) is 83.1 cm³/mol. The molecule has 2 aromatic carbocycles. The maximum atomic E-state index is 12.1. The average Bonchev–Trinajstić information content (AvgIpc) is 2.36. The van der Waals surface area contributed by atoms with Gasteiger partial charge in [0, 0.05) is 21.5 Å². The smallest absolute Gasteiger partial charge is 0.167 e. The Morgan fingerprint density at radius 3 is 2.47 bits per heavy atom. The molecule has 0 bridgehead atoms. The van der Waals surface area contributed by atoms with Crippen molar-refractivity contribution >= 4 is 50.6 Å². The summed E-state index contributed by atoms with van der Waals surface area (Å²) < 4.78 is 0.879. The van der Waals surface area contributed by atoms with E-state index < -0.39 is 0 Å². The summed E-state index contributed by atoms with van der Waals surface area (Å²) in [4.78, 5) is 12.1. The summed E-state index contributed by atoms with van der Waals surface area (Å²) >= 11 is 15.3. The van der Waals surface area contributed by atoms with E-state index in [2.05, 4.69) is 15.9 Å². The molecule has 0 heterocycles. The van der Waals surface area contributed by atoms with Crippen molar-refractivity contribution in [2.75, 3.05) is 5.73 Å². The lowest BCUT2D eigenvalue weighted by Gasteiger charge is -2.06. The van der Waals surface area contributed by atoms with Gasteiger partial charge in [-0.1, -0.05) is 45.2 Å². The molecule has 0 aromatic heterocycles. The Morgan fingerprint density at radius 1 is 1.11 bits per heavy atom. The number of hydrogen-bond donors (Lipinski definition) is 1. The molecule has 5 heteroatoms. The Balaban J connectivity index is 2.23. The molecule has 0 unspecified atom stereocenters. The standard InChI is InChI=1S/C14H10BrCl2NO/c15-10-3-1-8(11(16)7-10)6-14(19)9-2-4-13(18)12(17)5-9/h1-5,7H,6,18H2. The minimum Gasteiger partial charge on any atom is -0.398 e. The van der Waals surface area contributed by atoms with Crippen molar-refractivity contribution in [1.82, 2.24) is 0 Å². The molecule has 0 fully saturated rings. The molecule has 0 atom stereocenters. The van der Waals surface area contributed by atoms with E-state index in [1.54, 1.807) is 24.3 Å². The number of Topliss-reactive ketones (excluding diaryl/α,β-unsaturated/α-hetero) is 1. The Hall–Kier alpha value is -1.03. The topological polar surface area (TPSA) is 43.1 Å². The minimum atomic E-state index is -0.0499. The minimum absolute atomic E-state index is 0.0499. The van der Waals surface area contributed by atoms with Gasteiger partial charge in [0.2, 0.25) is 0 Å². The number of rotatable bonds is 3. The molecule has 2 N–H and O–H groups in total. The van der Waals surface area contributed by atoms with Crippen LogP contribution >= 0.6 is 39.1 Å². The van der Waals surface area contributed by atoms with Crippen LogP contribution in [0.5, 0.6) is 0 Å². The highest BCUT2D eigenvalue weighted by atomic mass is 79.9. The molecule has 0 spiro atoms. The summed E-state index contributed by atoms with van der Waals surface area (Å²) in [5.41, 5.74) is 7.38. The van der Waals surface area contributed by atoms with Gasteiger partial charge < -0.3 is 5.73 Å². The average molecular weight is 359 g/mol. The van der Waals surface area contributed by atoms with Crippen LogP contribution in [0.4, 0.5) is 5.69 Å². The lowest BCUT2D eigenvalue weighted by molar-refractivity contribution is 0.0993. The van der Waals surface area contributed by atoms with Crippen molar-refractivity contribution in [2.45, 2.75) is 6.42 Å². The first-order chi connectivity index (χ1) is 8.97. The zero-order valence-corrected chi connectivity index (χ0v) is 12.9. The van der Waals surface area contributed by atoms with E-state index in [1.165, 1.54) is 0 Å². The van der Waals surface area contributed by atoms with Gasteiger partial charge in [-0.2, -0.15) is 0 Å². The first-order valence-corrected chi connectivity index (χ1v) is 7.04. The van der Waals surface area contributed by atoms with Crippen LogP contribution in [0.2, 0.25) is 10.0 Å². The zero-order chi connectivity index (χ0) is 14.0. The SMILES string of the molecule is Nc1ccc(C(=O)Cc2ccc(Br)cc2Cl)cc1Cl. The predicted octanol–water partition coefficient (Wildman–Crippen LogP) is 4.76. The quantitative estimate of drug-likeness (QED) is 0.634. The summed E-state index contributed by atoms with van der Waals surface area (Å²) in [6.07, 6.45) is 0.229. The second-order valence-corrected chi connectivity index (χ2v) is 5.80. The molecule has 0 amide bonds. The van der Waals surface area contributed by atoms with E-state index in [1.807, 2.05) is 12.1 Å². The molecule has 0 aliphatic rings. The number of carbonyl (C=O) groups excluding carboxylic acids is 1. The van der Waals surface area contributed by atoms with Crippen LogP contribution in [0.15, 0.2) is 40.9 Å². The Kier molecular flexibility index (Phi) is 4.50. The first-order valence-electron chi connectivity index (χ1n) is 5.49. The number of ketones is 1. The summed E-state index contributed by atoms with van der Waals surface area (Å²) in [7, 11) is 0. The van der Waals surface area contributed by atoms with Gasteiger partial charge in [0.15, 0.2) is 5.78 Å². The highest BCUT2D eigenvalue weighted by Crippen LogP contribution is 2.24. The third-order valence-corrected chi connectivity index (χ3v) is 3.86. The van der Waals surface area contributed by atoms with Gasteiger partial charge in [0.25, 0.3) is 0 Å². The zero-order valence-electron chi connectivity index (χ0n) is 9.79. The van der Waals surface area contributed by atoms with Crippen LogP contribution < -0.4 is 5.73 Å². The second kappa shape index (κ2) is 5.95. The fraction of sp³-hybridized carbons (Fsp3) is 0.0714. The van der Waals surface area contributed by atoms with E-state index in [0.29, 0.717) is 21.3 Å². The lowest BCUT2D eigenvalue weighted by Crippen LogP contribution is -2.04. The molecule has 2 nitrogen and oxygen atoms in total. The molecular formula is C14H10BrCl2NO. The number of benzene rings is 2. The molecule has 0 aliphatic carbocycles. The van der Waals surface area contributed by atoms with Gasteiger partial charge in [-0.05, 0) is 35.9 Å². The van der Waals surface area contributed by atoms with Crippen LogP contribution in [0.1, 0.15) is 15.9 Å². The van der Waals surface area contributed by atoms with Crippen molar-refractivity contribution < 1.29 is 4.79 Å². The van der Waals surface area contributed by atoms with Crippen LogP contribution in [0, 0.1) is 0 Å². The molecule has 0 saturated heterocycles. The van der Waals surface area contributed by atoms with Crippen molar-refractivity contribution in [3.63, 3.8) is 0 Å². The van der Waals surface area contributed by atoms with Crippen molar-refractivity contribution in [3.8, 4) is 0 Å². The third kappa shape index (κ3) is 3.50. The van der Waals surface area contributed by atoms with Gasteiger partial charge in [0.05, 0.1) is 10.7 Å². The van der Waals surface area contributed by atoms with Crippen LogP contribution in [0.3, 0.4) is 0 Å². The Bertz CT molecular complexity index is 643. The van der Waals surface area contributed by atoms with Crippen LogP contribution in [-0.2, 0) is 6.42 Å². The van der Waals surface area contributed by atoms with Gasteiger partial charge >= 0.3 is 0 Å². The first kappa shape index (κ1) is 14.4. The molecule has 0 radical (unpaired) electrons. The number of hydrogen-bond acceptors (Lipinski definition) is 2. The maximum Gasteiger partial charge on any atom is 0.167 e. The van der Waals surface area contributed by atoms with Crippen molar-refractivity contribution in [2.24, 2.45) is 0 Å². The highest BCUT2D eigenvalue weighted by molar-refractivity contribution is 9.10. The van der Waals surface area contributed by atoms with Crippen LogP contribution in [0.25, 0.3) is 0 Å². The van der Waals surface area contributed by atoms with E-state index in [9.17, 15) is 4.79 Å². The molecule has 19 heavy (non-hydrogen) atoms. The molecule has 0 aliphatic heterocycles. The lowest BCUT2D eigenvalue weighted by atomic mass is 10.0. The van der Waals surface area contributed by atoms with E-state index >= 15 is 0 Å². The Morgan fingerprint density at radius 2 is 1.84 bits per heavy atom.